The van der Waals surface area contributed by atoms with E-state index in [0.29, 0.717) is 12.4 Å². The number of hydrogen-bond donors (Lipinski definition) is 1. The van der Waals surface area contributed by atoms with Gasteiger partial charge in [0.2, 0.25) is 0 Å². The Morgan fingerprint density at radius 2 is 1.81 bits per heavy atom. The Balaban J connectivity index is 1.72. The van der Waals surface area contributed by atoms with Crippen LogP contribution in [0.25, 0.3) is 0 Å². The van der Waals surface area contributed by atoms with Crippen molar-refractivity contribution in [1.29, 1.82) is 0 Å². The second kappa shape index (κ2) is 6.86. The average molecular weight is 360 g/mol. The van der Waals surface area contributed by atoms with Crippen LogP contribution in [0.4, 0.5) is 0 Å². The summed E-state index contributed by atoms with van der Waals surface area (Å²) in [5, 5.41) is 9.41. The molecule has 0 aliphatic heterocycles. The zero-order valence-electron chi connectivity index (χ0n) is 15.6. The highest BCUT2D eigenvalue weighted by atomic mass is 16.8. The van der Waals surface area contributed by atoms with E-state index in [1.807, 2.05) is 13.0 Å². The minimum Gasteiger partial charge on any atom is -0.478 e. The minimum atomic E-state index is -0.947. The van der Waals surface area contributed by atoms with Gasteiger partial charge in [-0.2, -0.15) is 0 Å². The fourth-order valence-corrected chi connectivity index (χ4v) is 6.02. The molecule has 142 valence electrons. The number of carbonyl (C=O) groups is 1. The predicted molar refractivity (Wildman–Crippen MR) is 96.3 cm³/mol. The standard InChI is InChI=1S/C21H28O5/c1-3-25-20(24-2)26-18-9-16(19(22)23)4-5-17(18)21-10-13-6-14(11-21)8-15(7-13)12-21/h4-5,9,13-15,20H,3,6-8,10-12H2,1-2H3,(H,22,23). The molecule has 4 saturated carbocycles. The Kier molecular flexibility index (Phi) is 4.70. The molecule has 0 amide bonds. The van der Waals surface area contributed by atoms with E-state index in [9.17, 15) is 9.90 Å². The summed E-state index contributed by atoms with van der Waals surface area (Å²) in [6, 6.07) is 5.33. The fraction of sp³-hybridized carbons (Fsp3) is 0.667. The zero-order chi connectivity index (χ0) is 18.3. The molecule has 5 nitrogen and oxygen atoms in total. The molecule has 1 unspecified atom stereocenters. The Labute approximate surface area is 154 Å². The van der Waals surface area contributed by atoms with Crippen LogP contribution in [0, 0.1) is 17.8 Å². The Hall–Kier alpha value is -1.59. The lowest BCUT2D eigenvalue weighted by Gasteiger charge is -2.57. The van der Waals surface area contributed by atoms with E-state index < -0.39 is 12.4 Å². The van der Waals surface area contributed by atoms with Gasteiger partial charge in [0.25, 0.3) is 0 Å². The van der Waals surface area contributed by atoms with E-state index in [0.717, 1.165) is 23.3 Å². The largest absolute Gasteiger partial charge is 0.478 e. The van der Waals surface area contributed by atoms with E-state index in [2.05, 4.69) is 0 Å². The lowest BCUT2D eigenvalue weighted by atomic mass is 9.48. The van der Waals surface area contributed by atoms with Crippen LogP contribution in [0.15, 0.2) is 18.2 Å². The summed E-state index contributed by atoms with van der Waals surface area (Å²) in [5.74, 6) is 2.07. The molecule has 4 aliphatic rings. The number of rotatable bonds is 7. The van der Waals surface area contributed by atoms with Crippen LogP contribution >= 0.6 is 0 Å². The molecular weight excluding hydrogens is 332 g/mol. The summed E-state index contributed by atoms with van der Waals surface area (Å²) in [6.07, 6.45) is 7.66. The summed E-state index contributed by atoms with van der Waals surface area (Å²) >= 11 is 0. The van der Waals surface area contributed by atoms with Gasteiger partial charge in [0.1, 0.15) is 5.75 Å². The van der Waals surface area contributed by atoms with Gasteiger partial charge in [0.05, 0.1) is 12.2 Å². The number of carboxylic acid groups (broad SMARTS) is 1. The van der Waals surface area contributed by atoms with Crippen LogP contribution < -0.4 is 4.74 Å². The van der Waals surface area contributed by atoms with E-state index in [4.69, 9.17) is 14.2 Å². The first kappa shape index (κ1) is 17.8. The fourth-order valence-electron chi connectivity index (χ4n) is 6.02. The highest BCUT2D eigenvalue weighted by Crippen LogP contribution is 2.61. The van der Waals surface area contributed by atoms with E-state index >= 15 is 0 Å². The molecule has 4 bridgehead atoms. The van der Waals surface area contributed by atoms with Crippen molar-refractivity contribution < 1.29 is 24.1 Å². The first-order valence-corrected chi connectivity index (χ1v) is 9.72. The molecule has 0 heterocycles. The maximum Gasteiger partial charge on any atom is 0.335 e. The SMILES string of the molecule is CCOC(OC)Oc1cc(C(=O)O)ccc1C12CC3CC(CC(C3)C1)C2. The molecule has 1 atom stereocenters. The molecule has 4 aliphatic carbocycles. The summed E-state index contributed by atoms with van der Waals surface area (Å²) in [4.78, 5) is 11.5. The monoisotopic (exact) mass is 360 g/mol. The third-order valence-corrected chi connectivity index (χ3v) is 6.56. The number of hydrogen-bond acceptors (Lipinski definition) is 4. The predicted octanol–water partition coefficient (Wildman–Crippen LogP) is 4.20. The van der Waals surface area contributed by atoms with Crippen molar-refractivity contribution in [2.75, 3.05) is 13.7 Å². The first-order chi connectivity index (χ1) is 12.5. The average Bonchev–Trinajstić information content (AvgIpc) is 2.60. The number of ether oxygens (including phenoxy) is 3. The van der Waals surface area contributed by atoms with Gasteiger partial charge in [-0.3, -0.25) is 0 Å². The second-order valence-corrected chi connectivity index (χ2v) is 8.31. The maximum absolute atomic E-state index is 11.5. The van der Waals surface area contributed by atoms with E-state index in [-0.39, 0.29) is 11.0 Å². The molecule has 0 radical (unpaired) electrons. The van der Waals surface area contributed by atoms with Gasteiger partial charge >= 0.3 is 12.4 Å². The highest BCUT2D eigenvalue weighted by Gasteiger charge is 2.52. The lowest BCUT2D eigenvalue weighted by molar-refractivity contribution is -0.231. The topological polar surface area (TPSA) is 65.0 Å². The Morgan fingerprint density at radius 1 is 1.19 bits per heavy atom. The van der Waals surface area contributed by atoms with Crippen molar-refractivity contribution in [3.63, 3.8) is 0 Å². The molecule has 0 aromatic heterocycles. The molecule has 1 aromatic carbocycles. The number of aromatic carboxylic acids is 1. The highest BCUT2D eigenvalue weighted by molar-refractivity contribution is 5.88. The van der Waals surface area contributed by atoms with Crippen LogP contribution in [-0.4, -0.2) is 31.3 Å². The summed E-state index contributed by atoms with van der Waals surface area (Å²) in [6.45, 7) is 1.52. The summed E-state index contributed by atoms with van der Waals surface area (Å²) in [7, 11) is 1.53. The summed E-state index contributed by atoms with van der Waals surface area (Å²) in [5.41, 5.74) is 1.49. The van der Waals surface area contributed by atoms with Gasteiger partial charge < -0.3 is 19.3 Å². The van der Waals surface area contributed by atoms with Crippen LogP contribution in [0.2, 0.25) is 0 Å². The quantitative estimate of drug-likeness (QED) is 0.738. The minimum absolute atomic E-state index is 0.117. The molecule has 0 spiro atoms. The molecule has 0 saturated heterocycles. The Bertz CT molecular complexity index is 648. The van der Waals surface area contributed by atoms with Crippen molar-refractivity contribution >= 4 is 5.97 Å². The number of benzene rings is 1. The molecule has 5 rings (SSSR count). The van der Waals surface area contributed by atoms with Crippen molar-refractivity contribution in [2.24, 2.45) is 17.8 Å². The normalized spacial score (nSPS) is 33.2. The number of methoxy groups -OCH3 is 1. The van der Waals surface area contributed by atoms with E-state index in [1.165, 1.54) is 45.6 Å². The van der Waals surface area contributed by atoms with Crippen molar-refractivity contribution in [2.45, 2.75) is 57.3 Å². The van der Waals surface area contributed by atoms with Crippen LogP contribution in [0.5, 0.6) is 5.75 Å². The molecule has 26 heavy (non-hydrogen) atoms. The van der Waals surface area contributed by atoms with Crippen LogP contribution in [0.1, 0.15) is 61.4 Å². The number of carboxylic acids is 1. The van der Waals surface area contributed by atoms with Crippen molar-refractivity contribution in [1.82, 2.24) is 0 Å². The van der Waals surface area contributed by atoms with Crippen molar-refractivity contribution in [3.05, 3.63) is 29.3 Å². The van der Waals surface area contributed by atoms with Crippen LogP contribution in [-0.2, 0) is 14.9 Å². The second-order valence-electron chi connectivity index (χ2n) is 8.31. The molecule has 1 N–H and O–H groups in total. The van der Waals surface area contributed by atoms with Gasteiger partial charge in [0, 0.05) is 12.7 Å². The van der Waals surface area contributed by atoms with E-state index in [1.54, 1.807) is 12.1 Å². The molecule has 5 heteroatoms. The Morgan fingerprint density at radius 3 is 2.31 bits per heavy atom. The molecular formula is C21H28O5. The van der Waals surface area contributed by atoms with Gasteiger partial charge in [-0.25, -0.2) is 4.79 Å². The third-order valence-electron chi connectivity index (χ3n) is 6.56. The third kappa shape index (κ3) is 3.12. The lowest BCUT2D eigenvalue weighted by Crippen LogP contribution is -2.48. The maximum atomic E-state index is 11.5. The molecule has 1 aromatic rings. The van der Waals surface area contributed by atoms with Crippen molar-refractivity contribution in [3.8, 4) is 5.75 Å². The van der Waals surface area contributed by atoms with Gasteiger partial charge in [-0.1, -0.05) is 6.07 Å². The zero-order valence-corrected chi connectivity index (χ0v) is 15.6. The molecule has 4 fully saturated rings. The van der Waals surface area contributed by atoms with Gasteiger partial charge in [-0.15, -0.1) is 0 Å². The smallest absolute Gasteiger partial charge is 0.335 e. The van der Waals surface area contributed by atoms with Crippen LogP contribution in [0.3, 0.4) is 0 Å². The first-order valence-electron chi connectivity index (χ1n) is 9.72. The van der Waals surface area contributed by atoms with Gasteiger partial charge in [0.15, 0.2) is 0 Å². The summed E-state index contributed by atoms with van der Waals surface area (Å²) < 4.78 is 16.8. The van der Waals surface area contributed by atoms with Gasteiger partial charge in [-0.05, 0) is 80.8 Å².